The zero-order valence-corrected chi connectivity index (χ0v) is 26.4. The molecule has 0 bridgehead atoms. The first-order chi connectivity index (χ1) is 17.3. The van der Waals surface area contributed by atoms with Gasteiger partial charge in [-0.25, -0.2) is 0 Å². The van der Waals surface area contributed by atoms with Gasteiger partial charge in [0, 0.05) is 5.25 Å². The first-order valence-corrected chi connectivity index (χ1v) is 17.7. The van der Waals surface area contributed by atoms with Crippen LogP contribution in [0.3, 0.4) is 0 Å². The first-order valence-electron chi connectivity index (χ1n) is 15.9. The quantitative estimate of drug-likeness (QED) is 0.130. The second-order valence-electron chi connectivity index (χ2n) is 13.5. The van der Waals surface area contributed by atoms with E-state index in [0.29, 0.717) is 21.2 Å². The maximum Gasteiger partial charge on any atom is 0.202 e. The molecule has 3 heteroatoms. The Labute approximate surface area is 236 Å². The highest BCUT2D eigenvalue weighted by Crippen LogP contribution is 2.67. The van der Waals surface area contributed by atoms with Crippen molar-refractivity contribution in [1.29, 1.82) is 0 Å². The third-order valence-electron chi connectivity index (χ3n) is 11.5. The van der Waals surface area contributed by atoms with Crippen molar-refractivity contribution in [2.45, 2.75) is 153 Å². The highest BCUT2D eigenvalue weighted by molar-refractivity contribution is 9.10. The topological polar surface area (TPSA) is 17.1 Å². The van der Waals surface area contributed by atoms with Gasteiger partial charge in [-0.2, -0.15) is 0 Å². The number of carbonyl (C=O) groups excluding carboxylic acids is 1. The van der Waals surface area contributed by atoms with Gasteiger partial charge >= 0.3 is 0 Å². The van der Waals surface area contributed by atoms with Crippen LogP contribution in [-0.4, -0.2) is 15.2 Å². The molecule has 8 atom stereocenters. The molecule has 0 heterocycles. The molecule has 0 saturated heterocycles. The van der Waals surface area contributed by atoms with E-state index < -0.39 is 0 Å². The van der Waals surface area contributed by atoms with Crippen LogP contribution >= 0.6 is 27.7 Å². The average Bonchev–Trinajstić information content (AvgIpc) is 3.21. The Hall–Kier alpha value is 0.240. The van der Waals surface area contributed by atoms with Gasteiger partial charge in [-0.3, -0.25) is 4.79 Å². The molecule has 36 heavy (non-hydrogen) atoms. The Bertz CT molecular complexity index is 763. The number of alkyl halides is 1. The van der Waals surface area contributed by atoms with Crippen LogP contribution in [0.5, 0.6) is 0 Å². The second-order valence-corrected chi connectivity index (χ2v) is 16.0. The van der Waals surface area contributed by atoms with Crippen molar-refractivity contribution in [2.75, 3.05) is 0 Å². The van der Waals surface area contributed by atoms with Gasteiger partial charge in [0.15, 0.2) is 0 Å². The van der Waals surface area contributed by atoms with E-state index in [2.05, 4.69) is 49.7 Å². The molecule has 0 aromatic heterocycles. The summed E-state index contributed by atoms with van der Waals surface area (Å²) in [5.74, 6) is 3.74. The van der Waals surface area contributed by atoms with Crippen LogP contribution < -0.4 is 0 Å². The van der Waals surface area contributed by atoms with Crippen molar-refractivity contribution in [1.82, 2.24) is 0 Å². The second kappa shape index (κ2) is 13.1. The molecular weight excluding hydrogens is 524 g/mol. The molecule has 1 nitrogen and oxygen atoms in total. The van der Waals surface area contributed by atoms with E-state index in [1.807, 2.05) is 0 Å². The maximum absolute atomic E-state index is 12.8. The number of hydrogen-bond acceptors (Lipinski definition) is 2. The molecule has 0 aromatic carbocycles. The molecule has 0 spiro atoms. The predicted molar refractivity (Wildman–Crippen MR) is 162 cm³/mol. The van der Waals surface area contributed by atoms with E-state index in [1.165, 1.54) is 89.9 Å². The lowest BCUT2D eigenvalue weighted by atomic mass is 9.47. The zero-order chi connectivity index (χ0) is 25.8. The Morgan fingerprint density at radius 1 is 0.972 bits per heavy atom. The van der Waals surface area contributed by atoms with E-state index >= 15 is 0 Å². The number of hydrogen-bond donors (Lipinski definition) is 0. The minimum absolute atomic E-state index is 0.0446. The van der Waals surface area contributed by atoms with Crippen LogP contribution in [0, 0.1) is 34.5 Å². The van der Waals surface area contributed by atoms with Crippen molar-refractivity contribution in [2.24, 2.45) is 34.5 Å². The first kappa shape index (κ1) is 29.2. The minimum atomic E-state index is 0.0446. The Morgan fingerprint density at radius 3 is 2.50 bits per heavy atom. The van der Waals surface area contributed by atoms with Gasteiger partial charge in [0.05, 0.1) is 4.83 Å². The summed E-state index contributed by atoms with van der Waals surface area (Å²) in [5, 5.41) is 0.874. The predicted octanol–water partition coefficient (Wildman–Crippen LogP) is 10.9. The van der Waals surface area contributed by atoms with Crippen LogP contribution in [0.25, 0.3) is 0 Å². The van der Waals surface area contributed by atoms with Crippen LogP contribution in [0.15, 0.2) is 11.6 Å². The number of halogens is 1. The summed E-state index contributed by atoms with van der Waals surface area (Å²) >= 11 is 5.34. The Morgan fingerprint density at radius 2 is 1.72 bits per heavy atom. The van der Waals surface area contributed by atoms with E-state index in [1.54, 1.807) is 17.3 Å². The highest BCUT2D eigenvalue weighted by atomic mass is 79.9. The third-order valence-corrected chi connectivity index (χ3v) is 13.9. The molecule has 0 N–H and O–H groups in total. The van der Waals surface area contributed by atoms with Gasteiger partial charge < -0.3 is 0 Å². The molecule has 0 radical (unpaired) electrons. The average molecular weight is 580 g/mol. The van der Waals surface area contributed by atoms with Crippen LogP contribution in [0.1, 0.15) is 143 Å². The molecule has 4 aliphatic rings. The summed E-state index contributed by atoms with van der Waals surface area (Å²) in [6, 6.07) is 0. The van der Waals surface area contributed by atoms with Gasteiger partial charge in [0.1, 0.15) is 0 Å². The number of allylic oxidation sites excluding steroid dienone is 2. The van der Waals surface area contributed by atoms with Gasteiger partial charge in [0.25, 0.3) is 0 Å². The Kier molecular flexibility index (Phi) is 10.6. The fourth-order valence-electron chi connectivity index (χ4n) is 9.22. The SMILES string of the molecule is CCCCCCCC[C@@H]1CC[C@@H]2[C@@H]3CC=C4C[C@@H](SC(=O)[C@H](Br)CCCC)CC[C@]4(C)[C@H]3CC[C@]12C. The van der Waals surface area contributed by atoms with Crippen molar-refractivity contribution >= 4 is 32.8 Å². The lowest BCUT2D eigenvalue weighted by molar-refractivity contribution is -0.110. The van der Waals surface area contributed by atoms with E-state index in [-0.39, 0.29) is 4.83 Å². The lowest BCUT2D eigenvalue weighted by Crippen LogP contribution is -2.50. The molecule has 4 aliphatic carbocycles. The largest absolute Gasteiger partial charge is 0.286 e. The van der Waals surface area contributed by atoms with Gasteiger partial charge in [-0.05, 0) is 98.7 Å². The molecule has 0 aliphatic heterocycles. The minimum Gasteiger partial charge on any atom is -0.286 e. The summed E-state index contributed by atoms with van der Waals surface area (Å²) in [4.78, 5) is 12.9. The summed E-state index contributed by atoms with van der Waals surface area (Å²) in [5.41, 5.74) is 2.73. The van der Waals surface area contributed by atoms with Gasteiger partial charge in [0.2, 0.25) is 5.12 Å². The molecule has 4 rings (SSSR count). The molecule has 0 amide bonds. The monoisotopic (exact) mass is 578 g/mol. The van der Waals surface area contributed by atoms with Crippen molar-refractivity contribution in [3.05, 3.63) is 11.6 Å². The molecule has 3 saturated carbocycles. The highest BCUT2D eigenvalue weighted by Gasteiger charge is 2.58. The fourth-order valence-corrected chi connectivity index (χ4v) is 11.0. The van der Waals surface area contributed by atoms with Crippen LogP contribution in [0.2, 0.25) is 0 Å². The third kappa shape index (κ3) is 6.18. The van der Waals surface area contributed by atoms with Gasteiger partial charge in [-0.15, -0.1) is 0 Å². The number of unbranched alkanes of at least 4 members (excludes halogenated alkanes) is 6. The lowest BCUT2D eigenvalue weighted by Gasteiger charge is -2.58. The number of fused-ring (bicyclic) bond motifs is 5. The van der Waals surface area contributed by atoms with Crippen LogP contribution in [0.4, 0.5) is 0 Å². The number of carbonyl (C=O) groups is 1. The molecule has 3 fully saturated rings. The van der Waals surface area contributed by atoms with Crippen molar-refractivity contribution in [3.63, 3.8) is 0 Å². The number of thioether (sulfide) groups is 1. The zero-order valence-electron chi connectivity index (χ0n) is 24.0. The fraction of sp³-hybridized carbons (Fsp3) is 0.909. The summed E-state index contributed by atoms with van der Waals surface area (Å²) in [6.07, 6.45) is 27.0. The van der Waals surface area contributed by atoms with E-state index in [9.17, 15) is 4.79 Å². The molecular formula is C33H55BrOS. The van der Waals surface area contributed by atoms with E-state index in [4.69, 9.17) is 0 Å². The maximum atomic E-state index is 12.8. The standard InChI is InChI=1S/C33H55BrOS/c1-5-7-9-10-11-12-13-24-16-18-28-27-17-15-25-23-26(36-31(35)30(34)14-8-6-2)19-21-33(25,4)29(27)20-22-32(24,28)3/h15,24,26-30H,5-14,16-23H2,1-4H3/t24-,26+,27+,28-,29+,30-,32-,33+/m1/s1. The van der Waals surface area contributed by atoms with Crippen molar-refractivity contribution in [3.8, 4) is 0 Å². The van der Waals surface area contributed by atoms with Gasteiger partial charge in [-0.1, -0.05) is 118 Å². The smallest absolute Gasteiger partial charge is 0.202 e. The summed E-state index contributed by atoms with van der Waals surface area (Å²) in [6.45, 7) is 9.85. The molecule has 206 valence electrons. The van der Waals surface area contributed by atoms with Crippen molar-refractivity contribution < 1.29 is 4.79 Å². The normalized spacial score (nSPS) is 38.6. The van der Waals surface area contributed by atoms with Crippen LogP contribution in [-0.2, 0) is 4.79 Å². The Balaban J connectivity index is 1.34. The molecule has 0 unspecified atom stereocenters. The number of rotatable bonds is 12. The van der Waals surface area contributed by atoms with E-state index in [0.717, 1.165) is 49.4 Å². The summed E-state index contributed by atoms with van der Waals surface area (Å²) in [7, 11) is 0. The summed E-state index contributed by atoms with van der Waals surface area (Å²) < 4.78 is 0. The molecule has 0 aromatic rings.